The number of alkyl halides is 3. The zero-order valence-electron chi connectivity index (χ0n) is 19.9. The number of carbonyl (C=O) groups excluding carboxylic acids is 2. The van der Waals surface area contributed by atoms with Gasteiger partial charge in [-0.15, -0.1) is 0 Å². The van der Waals surface area contributed by atoms with Crippen LogP contribution in [0.3, 0.4) is 0 Å². The molecule has 2 aromatic heterocycles. The Hall–Kier alpha value is -3.74. The number of anilines is 2. The monoisotopic (exact) mass is 521 g/mol. The van der Waals surface area contributed by atoms with Gasteiger partial charge in [-0.3, -0.25) is 19.9 Å². The van der Waals surface area contributed by atoms with Crippen LogP contribution in [-0.4, -0.2) is 57.6 Å². The number of nitrogens with zero attached hydrogens (tertiary/aromatic N) is 3. The summed E-state index contributed by atoms with van der Waals surface area (Å²) >= 11 is 0. The van der Waals surface area contributed by atoms with Gasteiger partial charge in [-0.2, -0.15) is 13.2 Å². The molecule has 10 nitrogen and oxygen atoms in total. The maximum Gasteiger partial charge on any atom is 0.417 e. The van der Waals surface area contributed by atoms with Crippen molar-refractivity contribution >= 4 is 29.4 Å². The second-order valence-electron chi connectivity index (χ2n) is 9.15. The third-order valence-corrected chi connectivity index (χ3v) is 6.26. The first-order chi connectivity index (χ1) is 17.6. The van der Waals surface area contributed by atoms with Gasteiger partial charge in [-0.05, 0) is 55.7 Å². The number of carboxylic acid groups (broad SMARTS) is 1. The smallest absolute Gasteiger partial charge is 0.417 e. The molecule has 0 aliphatic heterocycles. The van der Waals surface area contributed by atoms with E-state index >= 15 is 0 Å². The fraction of sp³-hybridized carbons (Fsp3) is 0.458. The first-order valence-electron chi connectivity index (χ1n) is 11.7. The van der Waals surface area contributed by atoms with E-state index in [-0.39, 0.29) is 42.2 Å². The summed E-state index contributed by atoms with van der Waals surface area (Å²) in [7, 11) is 1.46. The number of rotatable bonds is 9. The number of hydrogen-bond acceptors (Lipinski definition) is 6. The summed E-state index contributed by atoms with van der Waals surface area (Å²) in [6, 6.07) is 3.18. The van der Waals surface area contributed by atoms with E-state index in [0.717, 1.165) is 31.7 Å². The number of carbonyl (C=O) groups is 3. The molecule has 3 N–H and O–H groups in total. The third kappa shape index (κ3) is 6.73. The van der Waals surface area contributed by atoms with Gasteiger partial charge in [0, 0.05) is 18.9 Å². The van der Waals surface area contributed by atoms with Crippen LogP contribution < -0.4 is 10.6 Å². The molecule has 0 aromatic carbocycles. The molecule has 2 heterocycles. The molecule has 4 rings (SSSR count). The topological polar surface area (TPSA) is 134 Å². The number of aromatic nitrogens is 2. The van der Waals surface area contributed by atoms with Crippen molar-refractivity contribution in [2.75, 3.05) is 24.4 Å². The minimum atomic E-state index is -4.55. The van der Waals surface area contributed by atoms with Gasteiger partial charge >= 0.3 is 24.1 Å². The largest absolute Gasteiger partial charge is 0.465 e. The van der Waals surface area contributed by atoms with Crippen LogP contribution >= 0.6 is 0 Å². The Kier molecular flexibility index (Phi) is 7.62. The average molecular weight is 521 g/mol. The van der Waals surface area contributed by atoms with Crippen molar-refractivity contribution in [1.29, 1.82) is 0 Å². The average Bonchev–Trinajstić information content (AvgIpc) is 3.75. The molecule has 2 aliphatic carbocycles. The van der Waals surface area contributed by atoms with Crippen molar-refractivity contribution in [2.45, 2.75) is 50.4 Å². The van der Waals surface area contributed by atoms with E-state index in [1.807, 2.05) is 0 Å². The van der Waals surface area contributed by atoms with Crippen LogP contribution in [0.4, 0.5) is 29.5 Å². The van der Waals surface area contributed by atoms with Gasteiger partial charge in [0.05, 0.1) is 42.3 Å². The lowest BCUT2D eigenvalue weighted by Crippen LogP contribution is -2.48. The minimum Gasteiger partial charge on any atom is -0.465 e. The Morgan fingerprint density at radius 3 is 2.41 bits per heavy atom. The third-order valence-electron chi connectivity index (χ3n) is 6.26. The molecule has 13 heteroatoms. The van der Waals surface area contributed by atoms with E-state index < -0.39 is 35.7 Å². The maximum absolute atomic E-state index is 13.3. The van der Waals surface area contributed by atoms with E-state index in [2.05, 4.69) is 20.6 Å². The van der Waals surface area contributed by atoms with E-state index in [0.29, 0.717) is 11.8 Å². The van der Waals surface area contributed by atoms with Crippen LogP contribution in [0.2, 0.25) is 0 Å². The highest BCUT2D eigenvalue weighted by atomic mass is 19.4. The molecule has 37 heavy (non-hydrogen) atoms. The molecule has 2 aliphatic rings. The van der Waals surface area contributed by atoms with Crippen LogP contribution in [-0.2, 0) is 27.0 Å². The highest BCUT2D eigenvalue weighted by Crippen LogP contribution is 2.43. The van der Waals surface area contributed by atoms with Crippen LogP contribution in [0, 0.1) is 5.92 Å². The summed E-state index contributed by atoms with van der Waals surface area (Å²) in [5.41, 5.74) is 0.118. The highest BCUT2D eigenvalue weighted by Gasteiger charge is 2.40. The van der Waals surface area contributed by atoms with E-state index in [1.165, 1.54) is 24.3 Å². The zero-order chi connectivity index (χ0) is 26.7. The molecule has 0 bridgehead atoms. The van der Waals surface area contributed by atoms with Crippen molar-refractivity contribution < 1.29 is 37.4 Å². The summed E-state index contributed by atoms with van der Waals surface area (Å²) in [4.78, 5) is 46.6. The Morgan fingerprint density at radius 1 is 1.14 bits per heavy atom. The van der Waals surface area contributed by atoms with Crippen molar-refractivity contribution in [3.05, 3.63) is 47.4 Å². The summed E-state index contributed by atoms with van der Waals surface area (Å²) in [6.45, 7) is -0.0325. The van der Waals surface area contributed by atoms with Crippen molar-refractivity contribution in [3.8, 4) is 0 Å². The molecule has 2 aromatic rings. The van der Waals surface area contributed by atoms with E-state index in [4.69, 9.17) is 9.84 Å². The molecule has 2 fully saturated rings. The Labute approximate surface area is 210 Å². The van der Waals surface area contributed by atoms with Gasteiger partial charge in [0.2, 0.25) is 0 Å². The number of halogens is 3. The second-order valence-corrected chi connectivity index (χ2v) is 9.15. The molecule has 0 saturated heterocycles. The Bertz CT molecular complexity index is 1170. The van der Waals surface area contributed by atoms with Crippen LogP contribution in [0.15, 0.2) is 30.6 Å². The second kappa shape index (κ2) is 10.7. The minimum absolute atomic E-state index is 0.0932. The SMILES string of the molecule is COCC(C1CC1)N(Cc1ccc(C(F)(F)F)cn1)C(=O)C(=O)Nc1cnc(NC(=O)O)c(C2CC2)c1. The first kappa shape index (κ1) is 26.3. The van der Waals surface area contributed by atoms with Crippen LogP contribution in [0.1, 0.15) is 48.4 Å². The number of hydrogen-bond donors (Lipinski definition) is 3. The number of methoxy groups -OCH3 is 1. The quantitative estimate of drug-likeness (QED) is 0.427. The molecule has 0 spiro atoms. The van der Waals surface area contributed by atoms with Crippen LogP contribution in [0.25, 0.3) is 0 Å². The lowest BCUT2D eigenvalue weighted by molar-refractivity contribution is -0.146. The van der Waals surface area contributed by atoms with Gasteiger partial charge in [0.1, 0.15) is 5.82 Å². The summed E-state index contributed by atoms with van der Waals surface area (Å²) in [6.07, 6.45) is -0.523. The molecule has 0 radical (unpaired) electrons. The van der Waals surface area contributed by atoms with E-state index in [1.54, 1.807) is 6.07 Å². The molecule has 198 valence electrons. The van der Waals surface area contributed by atoms with Gasteiger partial charge in [-0.25, -0.2) is 9.78 Å². The standard InChI is InChI=1S/C24H26F3N5O5/c1-37-12-19(14-4-5-14)32(11-16-7-6-15(9-28-16)24(25,26)27)22(34)21(33)30-17-8-18(13-2-3-13)20(29-10-17)31-23(35)36/h6-10,13-14,19H,2-5,11-12H2,1H3,(H,29,31)(H,30,33)(H,35,36). The maximum atomic E-state index is 13.3. The van der Waals surface area contributed by atoms with Gasteiger partial charge in [-0.1, -0.05) is 0 Å². The van der Waals surface area contributed by atoms with Crippen LogP contribution in [0.5, 0.6) is 0 Å². The zero-order valence-corrected chi connectivity index (χ0v) is 19.9. The highest BCUT2D eigenvalue weighted by molar-refractivity contribution is 6.39. The molecular weight excluding hydrogens is 495 g/mol. The Balaban J connectivity index is 1.54. The number of ether oxygens (including phenoxy) is 1. The lowest BCUT2D eigenvalue weighted by Gasteiger charge is -2.31. The van der Waals surface area contributed by atoms with Gasteiger partial charge < -0.3 is 20.1 Å². The molecule has 1 unspecified atom stereocenters. The summed E-state index contributed by atoms with van der Waals surface area (Å²) in [5.74, 6) is -1.49. The number of amides is 3. The first-order valence-corrected chi connectivity index (χ1v) is 11.7. The summed E-state index contributed by atoms with van der Waals surface area (Å²) < 4.78 is 44.0. The normalized spacial score (nSPS) is 16.1. The van der Waals surface area contributed by atoms with Crippen molar-refractivity contribution in [3.63, 3.8) is 0 Å². The lowest BCUT2D eigenvalue weighted by atomic mass is 10.1. The van der Waals surface area contributed by atoms with Crippen molar-refractivity contribution in [1.82, 2.24) is 14.9 Å². The number of pyridine rings is 2. The predicted octanol–water partition coefficient (Wildman–Crippen LogP) is 3.86. The molecule has 3 amide bonds. The van der Waals surface area contributed by atoms with E-state index in [9.17, 15) is 27.6 Å². The molecule has 1 atom stereocenters. The Morgan fingerprint density at radius 2 is 1.86 bits per heavy atom. The van der Waals surface area contributed by atoms with Crippen molar-refractivity contribution in [2.24, 2.45) is 5.92 Å². The fourth-order valence-corrected chi connectivity index (χ4v) is 4.11. The molecular formula is C24H26F3N5O5. The predicted molar refractivity (Wildman–Crippen MR) is 125 cm³/mol. The fourth-order valence-electron chi connectivity index (χ4n) is 4.11. The number of nitrogens with one attached hydrogen (secondary N) is 2. The van der Waals surface area contributed by atoms with Gasteiger partial charge in [0.15, 0.2) is 0 Å². The van der Waals surface area contributed by atoms with Gasteiger partial charge in [0.25, 0.3) is 0 Å². The summed E-state index contributed by atoms with van der Waals surface area (Å²) in [5, 5.41) is 13.8. The molecule has 2 saturated carbocycles.